The minimum atomic E-state index is 1.18. The van der Waals surface area contributed by atoms with Crippen LogP contribution in [0, 0.1) is 20.8 Å². The summed E-state index contributed by atoms with van der Waals surface area (Å²) in [5.41, 5.74) is 8.37. The first kappa shape index (κ1) is 16.5. The lowest BCUT2D eigenvalue weighted by atomic mass is 9.92. The van der Waals surface area contributed by atoms with Crippen molar-refractivity contribution in [3.8, 4) is 11.1 Å². The van der Waals surface area contributed by atoms with E-state index >= 15 is 0 Å². The molecule has 0 atom stereocenters. The Morgan fingerprint density at radius 1 is 0.750 bits per heavy atom. The first-order valence-electron chi connectivity index (χ1n) is 7.79. The number of aryl methyl sites for hydroxylation is 2. The summed E-state index contributed by atoms with van der Waals surface area (Å²) in [6.07, 6.45) is 2.39. The van der Waals surface area contributed by atoms with Gasteiger partial charge in [0.25, 0.3) is 0 Å². The van der Waals surface area contributed by atoms with Crippen LogP contribution in [0.2, 0.25) is 0 Å². The third kappa shape index (κ3) is 3.72. The van der Waals surface area contributed by atoms with Gasteiger partial charge in [0.1, 0.15) is 0 Å². The molecule has 2 aromatic carbocycles. The monoisotopic (exact) mass is 268 g/mol. The molecule has 0 amide bonds. The van der Waals surface area contributed by atoms with Gasteiger partial charge in [-0.3, -0.25) is 0 Å². The van der Waals surface area contributed by atoms with E-state index in [0.29, 0.717) is 0 Å². The van der Waals surface area contributed by atoms with Crippen LogP contribution in [0.4, 0.5) is 0 Å². The van der Waals surface area contributed by atoms with E-state index in [0.717, 1.165) is 0 Å². The Kier molecular flexibility index (Phi) is 6.51. The van der Waals surface area contributed by atoms with E-state index in [4.69, 9.17) is 0 Å². The second kappa shape index (κ2) is 7.89. The molecule has 0 aliphatic rings. The highest BCUT2D eigenvalue weighted by Crippen LogP contribution is 2.28. The topological polar surface area (TPSA) is 0 Å². The largest absolute Gasteiger partial charge is 0.0683 e. The number of hydrogen-bond donors (Lipinski definition) is 0. The van der Waals surface area contributed by atoms with E-state index in [1.54, 1.807) is 0 Å². The van der Waals surface area contributed by atoms with Crippen molar-refractivity contribution in [2.24, 2.45) is 0 Å². The molecule has 0 nitrogen and oxygen atoms in total. The van der Waals surface area contributed by atoms with Gasteiger partial charge in [-0.2, -0.15) is 0 Å². The van der Waals surface area contributed by atoms with Crippen LogP contribution in [0.3, 0.4) is 0 Å². The normalized spacial score (nSPS) is 9.90. The van der Waals surface area contributed by atoms with Crippen molar-refractivity contribution in [3.63, 3.8) is 0 Å². The van der Waals surface area contributed by atoms with Gasteiger partial charge in [0.15, 0.2) is 0 Å². The fourth-order valence-corrected chi connectivity index (χ4v) is 2.46. The van der Waals surface area contributed by atoms with Crippen molar-refractivity contribution in [1.29, 1.82) is 0 Å². The summed E-state index contributed by atoms with van der Waals surface area (Å²) >= 11 is 0. The minimum Gasteiger partial charge on any atom is -0.0683 e. The van der Waals surface area contributed by atoms with Crippen LogP contribution in [-0.2, 0) is 6.42 Å². The summed E-state index contributed by atoms with van der Waals surface area (Å²) in [6.45, 7) is 12.9. The van der Waals surface area contributed by atoms with E-state index in [1.165, 1.54) is 46.2 Å². The number of benzene rings is 2. The predicted octanol–water partition coefficient (Wildman–Crippen LogP) is 6.26. The molecule has 0 heteroatoms. The molecule has 0 saturated heterocycles. The van der Waals surface area contributed by atoms with Crippen molar-refractivity contribution < 1.29 is 0 Å². The summed E-state index contributed by atoms with van der Waals surface area (Å²) in [7, 11) is 0. The van der Waals surface area contributed by atoms with Gasteiger partial charge in [-0.15, -0.1) is 0 Å². The Balaban J connectivity index is 0.000000956. The molecule has 0 spiro atoms. The highest BCUT2D eigenvalue weighted by molar-refractivity contribution is 5.69. The Morgan fingerprint density at radius 2 is 1.35 bits per heavy atom. The lowest BCUT2D eigenvalue weighted by Crippen LogP contribution is -1.94. The van der Waals surface area contributed by atoms with Crippen molar-refractivity contribution in [2.45, 2.75) is 54.4 Å². The van der Waals surface area contributed by atoms with Crippen LogP contribution in [0.15, 0.2) is 36.4 Å². The molecule has 0 bridgehead atoms. The zero-order valence-corrected chi connectivity index (χ0v) is 13.9. The Bertz CT molecular complexity index is 533. The van der Waals surface area contributed by atoms with Crippen LogP contribution in [0.1, 0.15) is 49.4 Å². The fourth-order valence-electron chi connectivity index (χ4n) is 2.46. The van der Waals surface area contributed by atoms with Crippen LogP contribution < -0.4 is 0 Å². The van der Waals surface area contributed by atoms with E-state index in [-0.39, 0.29) is 0 Å². The maximum atomic E-state index is 2.29. The van der Waals surface area contributed by atoms with Crippen LogP contribution in [-0.4, -0.2) is 0 Å². The Labute approximate surface area is 124 Å². The van der Waals surface area contributed by atoms with Crippen molar-refractivity contribution >= 4 is 0 Å². The lowest BCUT2D eigenvalue weighted by Gasteiger charge is -2.13. The van der Waals surface area contributed by atoms with Gasteiger partial charge < -0.3 is 0 Å². The molecule has 0 N–H and O–H groups in total. The van der Waals surface area contributed by atoms with Crippen molar-refractivity contribution in [1.82, 2.24) is 0 Å². The van der Waals surface area contributed by atoms with Crippen LogP contribution >= 0.6 is 0 Å². The van der Waals surface area contributed by atoms with E-state index < -0.39 is 0 Å². The molecule has 0 aromatic heterocycles. The molecule has 108 valence electrons. The Morgan fingerprint density at radius 3 is 1.90 bits per heavy atom. The quantitative estimate of drug-likeness (QED) is 0.616. The Hall–Kier alpha value is -1.56. The van der Waals surface area contributed by atoms with Gasteiger partial charge in [0, 0.05) is 0 Å². The second-order valence-electron chi connectivity index (χ2n) is 5.14. The van der Waals surface area contributed by atoms with Crippen LogP contribution in [0.5, 0.6) is 0 Å². The van der Waals surface area contributed by atoms with Gasteiger partial charge >= 0.3 is 0 Å². The van der Waals surface area contributed by atoms with Gasteiger partial charge in [-0.05, 0) is 55.0 Å². The highest BCUT2D eigenvalue weighted by Gasteiger charge is 2.07. The molecule has 20 heavy (non-hydrogen) atoms. The van der Waals surface area contributed by atoms with Crippen LogP contribution in [0.25, 0.3) is 11.1 Å². The second-order valence-corrected chi connectivity index (χ2v) is 5.14. The van der Waals surface area contributed by atoms with E-state index in [9.17, 15) is 0 Å². The molecule has 0 saturated carbocycles. The molecular weight excluding hydrogens is 240 g/mol. The average Bonchev–Trinajstić information content (AvgIpc) is 2.48. The SMILES string of the molecule is CC.CCCc1ccc(-c2ccc(C)cc2)c(C)c1C. The van der Waals surface area contributed by atoms with E-state index in [1.807, 2.05) is 13.8 Å². The third-order valence-electron chi connectivity index (χ3n) is 3.78. The summed E-state index contributed by atoms with van der Waals surface area (Å²) < 4.78 is 0. The molecule has 0 radical (unpaired) electrons. The van der Waals surface area contributed by atoms with Gasteiger partial charge in [0.05, 0.1) is 0 Å². The first-order chi connectivity index (χ1) is 9.63. The number of hydrogen-bond acceptors (Lipinski definition) is 0. The molecule has 0 fully saturated rings. The molecule has 2 aromatic rings. The fraction of sp³-hybridized carbons (Fsp3) is 0.400. The molecule has 0 aliphatic carbocycles. The van der Waals surface area contributed by atoms with Gasteiger partial charge in [0.2, 0.25) is 0 Å². The lowest BCUT2D eigenvalue weighted by molar-refractivity contribution is 0.910. The van der Waals surface area contributed by atoms with Crippen molar-refractivity contribution in [2.75, 3.05) is 0 Å². The summed E-state index contributed by atoms with van der Waals surface area (Å²) in [5.74, 6) is 0. The molecule has 0 aliphatic heterocycles. The highest BCUT2D eigenvalue weighted by atomic mass is 14.1. The summed E-state index contributed by atoms with van der Waals surface area (Å²) in [6, 6.07) is 13.4. The third-order valence-corrected chi connectivity index (χ3v) is 3.78. The molecule has 0 unspecified atom stereocenters. The summed E-state index contributed by atoms with van der Waals surface area (Å²) in [5, 5.41) is 0. The van der Waals surface area contributed by atoms with Gasteiger partial charge in [-0.25, -0.2) is 0 Å². The number of rotatable bonds is 3. The van der Waals surface area contributed by atoms with Crippen molar-refractivity contribution in [3.05, 3.63) is 58.7 Å². The molecule has 2 rings (SSSR count). The van der Waals surface area contributed by atoms with Gasteiger partial charge in [-0.1, -0.05) is 69.2 Å². The first-order valence-corrected chi connectivity index (χ1v) is 7.79. The maximum Gasteiger partial charge on any atom is -0.0152 e. The predicted molar refractivity (Wildman–Crippen MR) is 91.4 cm³/mol. The van der Waals surface area contributed by atoms with E-state index in [2.05, 4.69) is 64.1 Å². The zero-order valence-electron chi connectivity index (χ0n) is 13.9. The minimum absolute atomic E-state index is 1.18. The maximum absolute atomic E-state index is 2.29. The summed E-state index contributed by atoms with van der Waals surface area (Å²) in [4.78, 5) is 0. The zero-order chi connectivity index (χ0) is 15.1. The standard InChI is InChI=1S/C18H22.C2H6/c1-5-6-16-11-12-18(15(4)14(16)3)17-9-7-13(2)8-10-17;1-2/h7-12H,5-6H2,1-4H3;1-2H3. The average molecular weight is 268 g/mol. The molecule has 0 heterocycles. The molecular formula is C20H28. The smallest absolute Gasteiger partial charge is 0.0152 e.